The van der Waals surface area contributed by atoms with Crippen LogP contribution in [0.4, 0.5) is 0 Å². The number of hydroxylamine groups is 2. The lowest BCUT2D eigenvalue weighted by molar-refractivity contribution is -0.868. The molecule has 0 spiro atoms. The molecule has 3 heteroatoms. The van der Waals surface area contributed by atoms with Crippen LogP contribution in [0, 0.1) is 5.21 Å². The highest BCUT2D eigenvalue weighted by atomic mass is 16.5. The van der Waals surface area contributed by atoms with Gasteiger partial charge in [0.15, 0.2) is 6.17 Å². The largest absolute Gasteiger partial charge is 0.633 e. The number of hydrogen-bond donors (Lipinski definition) is 2. The molecule has 0 bridgehead atoms. The molecule has 2 rings (SSSR count). The number of quaternary nitrogens is 1. The van der Waals surface area contributed by atoms with E-state index < -0.39 is 0 Å². The number of benzene rings is 1. The molecule has 0 aliphatic carbocycles. The summed E-state index contributed by atoms with van der Waals surface area (Å²) in [5.41, 5.74) is 1.08. The summed E-state index contributed by atoms with van der Waals surface area (Å²) in [4.78, 5) is 0. The van der Waals surface area contributed by atoms with Gasteiger partial charge in [-0.1, -0.05) is 30.3 Å². The summed E-state index contributed by atoms with van der Waals surface area (Å²) in [6.45, 7) is 1.48. The van der Waals surface area contributed by atoms with Gasteiger partial charge in [0.1, 0.15) is 0 Å². The summed E-state index contributed by atoms with van der Waals surface area (Å²) in [7, 11) is 0. The molecule has 0 aromatic heterocycles. The first-order valence-corrected chi connectivity index (χ1v) is 4.19. The van der Waals surface area contributed by atoms with Crippen molar-refractivity contribution in [2.75, 3.05) is 13.1 Å². The Morgan fingerprint density at radius 2 is 2.08 bits per heavy atom. The molecule has 2 unspecified atom stereocenters. The highest BCUT2D eigenvalue weighted by Gasteiger charge is 2.22. The van der Waals surface area contributed by atoms with Crippen LogP contribution in [0.1, 0.15) is 11.7 Å². The molecular weight excluding hydrogens is 152 g/mol. The van der Waals surface area contributed by atoms with E-state index >= 15 is 0 Å². The standard InChI is InChI=1S/C9H12N2O/c12-11-7-6-10-9(11)8-4-2-1-3-5-8/h1-5,9-11H,6-7H2. The SMILES string of the molecule is [O-][NH+]1CCNC1c1ccccc1. The van der Waals surface area contributed by atoms with Crippen molar-refractivity contribution in [2.24, 2.45) is 0 Å². The zero-order valence-electron chi connectivity index (χ0n) is 6.79. The van der Waals surface area contributed by atoms with Gasteiger partial charge in [-0.25, -0.2) is 0 Å². The fraction of sp³-hybridized carbons (Fsp3) is 0.333. The Hall–Kier alpha value is -0.900. The fourth-order valence-corrected chi connectivity index (χ4v) is 1.55. The van der Waals surface area contributed by atoms with Crippen LogP contribution in [-0.4, -0.2) is 13.1 Å². The molecule has 1 aromatic rings. The van der Waals surface area contributed by atoms with E-state index in [1.165, 1.54) is 0 Å². The molecule has 0 radical (unpaired) electrons. The minimum Gasteiger partial charge on any atom is -0.633 e. The van der Waals surface area contributed by atoms with Crippen LogP contribution in [0.2, 0.25) is 0 Å². The molecule has 1 aromatic carbocycles. The molecule has 0 saturated carbocycles. The average molecular weight is 164 g/mol. The summed E-state index contributed by atoms with van der Waals surface area (Å²) < 4.78 is 0. The van der Waals surface area contributed by atoms with E-state index in [0.717, 1.165) is 12.1 Å². The van der Waals surface area contributed by atoms with Crippen molar-refractivity contribution in [3.8, 4) is 0 Å². The van der Waals surface area contributed by atoms with Crippen molar-refractivity contribution in [2.45, 2.75) is 6.17 Å². The molecule has 1 fully saturated rings. The molecule has 0 amide bonds. The van der Waals surface area contributed by atoms with Gasteiger partial charge in [0.2, 0.25) is 0 Å². The molecule has 64 valence electrons. The summed E-state index contributed by atoms with van der Waals surface area (Å²) in [6, 6.07) is 9.86. The third-order valence-corrected chi connectivity index (χ3v) is 2.17. The van der Waals surface area contributed by atoms with E-state index in [9.17, 15) is 5.21 Å². The van der Waals surface area contributed by atoms with E-state index in [4.69, 9.17) is 0 Å². The van der Waals surface area contributed by atoms with Crippen LogP contribution in [0.3, 0.4) is 0 Å². The Labute approximate surface area is 71.6 Å². The van der Waals surface area contributed by atoms with Crippen molar-refractivity contribution in [3.63, 3.8) is 0 Å². The first kappa shape index (κ1) is 7.73. The van der Waals surface area contributed by atoms with Crippen molar-refractivity contribution < 1.29 is 5.06 Å². The minimum absolute atomic E-state index is 0.0498. The van der Waals surface area contributed by atoms with Gasteiger partial charge in [-0.2, -0.15) is 0 Å². The maximum Gasteiger partial charge on any atom is 0.167 e. The Morgan fingerprint density at radius 1 is 1.33 bits per heavy atom. The molecule has 12 heavy (non-hydrogen) atoms. The second kappa shape index (κ2) is 3.23. The van der Waals surface area contributed by atoms with Crippen molar-refractivity contribution in [1.82, 2.24) is 5.32 Å². The maximum absolute atomic E-state index is 11.3. The molecule has 1 saturated heterocycles. The lowest BCUT2D eigenvalue weighted by Gasteiger charge is -2.23. The molecule has 1 aliphatic heterocycles. The second-order valence-electron chi connectivity index (χ2n) is 3.01. The van der Waals surface area contributed by atoms with Gasteiger partial charge in [0.05, 0.1) is 13.1 Å². The monoisotopic (exact) mass is 164 g/mol. The predicted molar refractivity (Wildman–Crippen MR) is 46.4 cm³/mol. The first-order chi connectivity index (χ1) is 5.88. The quantitative estimate of drug-likeness (QED) is 0.558. The minimum atomic E-state index is -0.0498. The number of hydrogen-bond acceptors (Lipinski definition) is 2. The topological polar surface area (TPSA) is 39.5 Å². The van der Waals surface area contributed by atoms with E-state index in [0.29, 0.717) is 11.6 Å². The summed E-state index contributed by atoms with van der Waals surface area (Å²) >= 11 is 0. The average Bonchev–Trinajstić information content (AvgIpc) is 2.53. The van der Waals surface area contributed by atoms with Gasteiger partial charge >= 0.3 is 0 Å². The van der Waals surface area contributed by atoms with Crippen LogP contribution in [0.5, 0.6) is 0 Å². The Bertz CT molecular complexity index is 250. The molecule has 3 nitrogen and oxygen atoms in total. The Kier molecular flexibility index (Phi) is 2.08. The molecular formula is C9H12N2O. The smallest absolute Gasteiger partial charge is 0.167 e. The lowest BCUT2D eigenvalue weighted by atomic mass is 10.2. The van der Waals surface area contributed by atoms with Gasteiger partial charge in [-0.15, -0.1) is 0 Å². The van der Waals surface area contributed by atoms with E-state index in [2.05, 4.69) is 5.32 Å². The second-order valence-corrected chi connectivity index (χ2v) is 3.01. The van der Waals surface area contributed by atoms with Crippen molar-refractivity contribution in [3.05, 3.63) is 41.1 Å². The number of nitrogens with one attached hydrogen (secondary N) is 2. The molecule has 1 aliphatic rings. The number of rotatable bonds is 1. The van der Waals surface area contributed by atoms with Gasteiger partial charge in [-0.05, 0) is 0 Å². The predicted octanol–water partition coefficient (Wildman–Crippen LogP) is -0.329. The summed E-state index contributed by atoms with van der Waals surface area (Å²) in [6.07, 6.45) is -0.0498. The van der Waals surface area contributed by atoms with Gasteiger partial charge in [0.25, 0.3) is 0 Å². The van der Waals surface area contributed by atoms with E-state index in [1.807, 2.05) is 30.3 Å². The van der Waals surface area contributed by atoms with Crippen molar-refractivity contribution in [1.29, 1.82) is 0 Å². The van der Waals surface area contributed by atoms with Crippen LogP contribution >= 0.6 is 0 Å². The highest BCUT2D eigenvalue weighted by molar-refractivity contribution is 5.17. The van der Waals surface area contributed by atoms with Crippen LogP contribution in [0.25, 0.3) is 0 Å². The molecule has 2 atom stereocenters. The third kappa shape index (κ3) is 1.34. The highest BCUT2D eigenvalue weighted by Crippen LogP contribution is 2.07. The van der Waals surface area contributed by atoms with E-state index in [-0.39, 0.29) is 6.17 Å². The Balaban J connectivity index is 2.19. The Morgan fingerprint density at radius 3 is 2.67 bits per heavy atom. The van der Waals surface area contributed by atoms with Crippen LogP contribution in [0.15, 0.2) is 30.3 Å². The zero-order valence-corrected chi connectivity index (χ0v) is 6.79. The summed E-state index contributed by atoms with van der Waals surface area (Å²) in [5, 5.41) is 14.8. The van der Waals surface area contributed by atoms with Crippen LogP contribution < -0.4 is 10.4 Å². The van der Waals surface area contributed by atoms with Gasteiger partial charge in [0, 0.05) is 5.56 Å². The molecule has 2 N–H and O–H groups in total. The summed E-state index contributed by atoms with van der Waals surface area (Å²) in [5.74, 6) is 0. The third-order valence-electron chi connectivity index (χ3n) is 2.17. The fourth-order valence-electron chi connectivity index (χ4n) is 1.55. The normalized spacial score (nSPS) is 29.1. The van der Waals surface area contributed by atoms with Crippen LogP contribution in [-0.2, 0) is 0 Å². The molecule has 1 heterocycles. The van der Waals surface area contributed by atoms with E-state index in [1.54, 1.807) is 0 Å². The van der Waals surface area contributed by atoms with Gasteiger partial charge in [-0.3, -0.25) is 5.32 Å². The zero-order chi connectivity index (χ0) is 8.39. The first-order valence-electron chi connectivity index (χ1n) is 4.19. The van der Waals surface area contributed by atoms with Gasteiger partial charge < -0.3 is 10.3 Å². The lowest BCUT2D eigenvalue weighted by Crippen LogP contribution is -3.06. The maximum atomic E-state index is 11.3. The van der Waals surface area contributed by atoms with Crippen molar-refractivity contribution >= 4 is 0 Å².